The summed E-state index contributed by atoms with van der Waals surface area (Å²) in [5.74, 6) is 5.72. The van der Waals surface area contributed by atoms with E-state index in [2.05, 4.69) is 20.6 Å². The van der Waals surface area contributed by atoms with Gasteiger partial charge in [0.1, 0.15) is 0 Å². The lowest BCUT2D eigenvalue weighted by molar-refractivity contribution is 0.0896. The van der Waals surface area contributed by atoms with E-state index in [1.54, 1.807) is 18.3 Å². The number of pyridine rings is 1. The summed E-state index contributed by atoms with van der Waals surface area (Å²) in [5.41, 5.74) is 2.97. The van der Waals surface area contributed by atoms with Gasteiger partial charge in [0.15, 0.2) is 5.82 Å². The molecule has 2 unspecified atom stereocenters. The Balaban J connectivity index is 1.64. The lowest BCUT2D eigenvalue weighted by Crippen LogP contribution is -2.47. The molecule has 0 saturated carbocycles. The standard InChI is InChI=1S/C14H21N5O/c15-18-13-12(4-1-6-16-13)14(20)17-10-5-8-19-7-2-3-11(19)9-10/h1,4,6,10-11H,2-3,5,7-9,15H2,(H,16,18)(H,17,20). The smallest absolute Gasteiger partial charge is 0.255 e. The fourth-order valence-electron chi connectivity index (χ4n) is 3.32. The van der Waals surface area contributed by atoms with Gasteiger partial charge in [0.05, 0.1) is 5.56 Å². The van der Waals surface area contributed by atoms with Crippen molar-refractivity contribution in [3.05, 3.63) is 23.9 Å². The third-order valence-corrected chi connectivity index (χ3v) is 4.34. The molecule has 108 valence electrons. The van der Waals surface area contributed by atoms with E-state index in [0.29, 0.717) is 17.4 Å². The zero-order valence-corrected chi connectivity index (χ0v) is 11.5. The number of hydrazine groups is 1. The zero-order chi connectivity index (χ0) is 13.9. The van der Waals surface area contributed by atoms with Crippen molar-refractivity contribution >= 4 is 11.7 Å². The summed E-state index contributed by atoms with van der Waals surface area (Å²) in [6, 6.07) is 4.39. The van der Waals surface area contributed by atoms with E-state index < -0.39 is 0 Å². The van der Waals surface area contributed by atoms with Crippen molar-refractivity contribution in [2.45, 2.75) is 37.8 Å². The predicted octanol–water partition coefficient (Wildman–Crippen LogP) is 0.724. The first-order valence-corrected chi connectivity index (χ1v) is 7.24. The number of hydrogen-bond acceptors (Lipinski definition) is 5. The van der Waals surface area contributed by atoms with E-state index in [9.17, 15) is 4.79 Å². The van der Waals surface area contributed by atoms with E-state index in [1.807, 2.05) is 0 Å². The number of carbonyl (C=O) groups excluding carboxylic acids is 1. The molecule has 1 amide bonds. The molecular weight excluding hydrogens is 254 g/mol. The molecule has 6 nitrogen and oxygen atoms in total. The molecule has 0 aliphatic carbocycles. The fourth-order valence-corrected chi connectivity index (χ4v) is 3.32. The van der Waals surface area contributed by atoms with Crippen LogP contribution in [-0.2, 0) is 0 Å². The number of anilines is 1. The van der Waals surface area contributed by atoms with Gasteiger partial charge in [0.2, 0.25) is 0 Å². The molecule has 0 spiro atoms. The number of nitrogens with zero attached hydrogens (tertiary/aromatic N) is 2. The molecule has 2 fully saturated rings. The Bertz CT molecular complexity index is 492. The van der Waals surface area contributed by atoms with E-state index >= 15 is 0 Å². The van der Waals surface area contributed by atoms with Crippen LogP contribution in [0.5, 0.6) is 0 Å². The summed E-state index contributed by atoms with van der Waals surface area (Å²) in [4.78, 5) is 18.9. The number of nitrogens with one attached hydrogen (secondary N) is 2. The van der Waals surface area contributed by atoms with Gasteiger partial charge in [-0.15, -0.1) is 0 Å². The highest BCUT2D eigenvalue weighted by Crippen LogP contribution is 2.27. The number of piperidine rings is 1. The number of nitrogen functional groups attached to an aromatic ring is 1. The Labute approximate surface area is 118 Å². The van der Waals surface area contributed by atoms with E-state index in [1.165, 1.54) is 19.4 Å². The monoisotopic (exact) mass is 275 g/mol. The SMILES string of the molecule is NNc1ncccc1C(=O)NC1CCN2CCCC2C1. The maximum atomic E-state index is 12.3. The summed E-state index contributed by atoms with van der Waals surface area (Å²) in [7, 11) is 0. The van der Waals surface area contributed by atoms with Gasteiger partial charge in [-0.1, -0.05) is 0 Å². The lowest BCUT2D eigenvalue weighted by Gasteiger charge is -2.35. The maximum absolute atomic E-state index is 12.3. The minimum atomic E-state index is -0.0949. The molecule has 2 aliphatic rings. The topological polar surface area (TPSA) is 83.3 Å². The van der Waals surface area contributed by atoms with Crippen LogP contribution in [0.1, 0.15) is 36.0 Å². The van der Waals surface area contributed by atoms with Crippen molar-refractivity contribution < 1.29 is 4.79 Å². The minimum Gasteiger partial charge on any atom is -0.349 e. The second kappa shape index (κ2) is 5.76. The number of rotatable bonds is 3. The summed E-state index contributed by atoms with van der Waals surface area (Å²) in [6.07, 6.45) is 6.23. The molecule has 3 rings (SSSR count). The lowest BCUT2D eigenvalue weighted by atomic mass is 9.97. The second-order valence-corrected chi connectivity index (χ2v) is 5.57. The quantitative estimate of drug-likeness (QED) is 0.559. The average Bonchev–Trinajstić information content (AvgIpc) is 2.94. The number of hydrogen-bond donors (Lipinski definition) is 3. The number of amides is 1. The Morgan fingerprint density at radius 3 is 3.15 bits per heavy atom. The third kappa shape index (κ3) is 2.62. The molecule has 0 bridgehead atoms. The van der Waals surface area contributed by atoms with Crippen molar-refractivity contribution in [1.82, 2.24) is 15.2 Å². The Morgan fingerprint density at radius 2 is 2.30 bits per heavy atom. The number of carbonyl (C=O) groups is 1. The van der Waals surface area contributed by atoms with E-state index in [0.717, 1.165) is 19.4 Å². The largest absolute Gasteiger partial charge is 0.349 e. The van der Waals surface area contributed by atoms with E-state index in [-0.39, 0.29) is 11.9 Å². The van der Waals surface area contributed by atoms with Gasteiger partial charge in [-0.3, -0.25) is 4.79 Å². The van der Waals surface area contributed by atoms with E-state index in [4.69, 9.17) is 5.84 Å². The molecule has 0 aromatic carbocycles. The van der Waals surface area contributed by atoms with Crippen LogP contribution in [0.25, 0.3) is 0 Å². The molecule has 1 aromatic heterocycles. The average molecular weight is 275 g/mol. The summed E-state index contributed by atoms with van der Waals surface area (Å²) >= 11 is 0. The highest BCUT2D eigenvalue weighted by atomic mass is 16.1. The van der Waals surface area contributed by atoms with Gasteiger partial charge in [-0.2, -0.15) is 0 Å². The number of fused-ring (bicyclic) bond motifs is 1. The van der Waals surface area contributed by atoms with Gasteiger partial charge in [0, 0.05) is 24.8 Å². The van der Waals surface area contributed by atoms with Crippen molar-refractivity contribution in [2.75, 3.05) is 18.5 Å². The van der Waals surface area contributed by atoms with Crippen LogP contribution < -0.4 is 16.6 Å². The number of nitrogens with two attached hydrogens (primary N) is 1. The molecule has 4 N–H and O–H groups in total. The van der Waals surface area contributed by atoms with Crippen LogP contribution in [-0.4, -0.2) is 41.0 Å². The predicted molar refractivity (Wildman–Crippen MR) is 77.1 cm³/mol. The van der Waals surface area contributed by atoms with Crippen LogP contribution in [0.2, 0.25) is 0 Å². The molecule has 20 heavy (non-hydrogen) atoms. The van der Waals surface area contributed by atoms with Crippen LogP contribution >= 0.6 is 0 Å². The minimum absolute atomic E-state index is 0.0949. The van der Waals surface area contributed by atoms with Gasteiger partial charge in [-0.05, 0) is 44.4 Å². The molecular formula is C14H21N5O. The van der Waals surface area contributed by atoms with Crippen molar-refractivity contribution in [2.24, 2.45) is 5.84 Å². The van der Waals surface area contributed by atoms with Gasteiger partial charge in [0.25, 0.3) is 5.91 Å². The van der Waals surface area contributed by atoms with Crippen LogP contribution in [0.4, 0.5) is 5.82 Å². The van der Waals surface area contributed by atoms with Gasteiger partial charge in [-0.25, -0.2) is 10.8 Å². The fraction of sp³-hybridized carbons (Fsp3) is 0.571. The normalized spacial score (nSPS) is 26.1. The van der Waals surface area contributed by atoms with Crippen LogP contribution in [0.15, 0.2) is 18.3 Å². The molecule has 3 heterocycles. The molecule has 2 aliphatic heterocycles. The van der Waals surface area contributed by atoms with Crippen molar-refractivity contribution in [3.8, 4) is 0 Å². The highest BCUT2D eigenvalue weighted by molar-refractivity contribution is 5.98. The summed E-state index contributed by atoms with van der Waals surface area (Å²) in [5, 5.41) is 3.12. The first kappa shape index (κ1) is 13.3. The first-order chi connectivity index (χ1) is 9.78. The van der Waals surface area contributed by atoms with Gasteiger partial charge >= 0.3 is 0 Å². The Kier molecular flexibility index (Phi) is 3.84. The van der Waals surface area contributed by atoms with Gasteiger partial charge < -0.3 is 15.6 Å². The molecule has 6 heteroatoms. The number of aromatic nitrogens is 1. The zero-order valence-electron chi connectivity index (χ0n) is 11.5. The Morgan fingerprint density at radius 1 is 1.40 bits per heavy atom. The highest BCUT2D eigenvalue weighted by Gasteiger charge is 2.32. The summed E-state index contributed by atoms with van der Waals surface area (Å²) < 4.78 is 0. The third-order valence-electron chi connectivity index (χ3n) is 4.34. The van der Waals surface area contributed by atoms with Crippen LogP contribution in [0, 0.1) is 0 Å². The van der Waals surface area contributed by atoms with Crippen LogP contribution in [0.3, 0.4) is 0 Å². The molecule has 1 aromatic rings. The first-order valence-electron chi connectivity index (χ1n) is 7.24. The molecule has 0 radical (unpaired) electrons. The molecule has 2 atom stereocenters. The van der Waals surface area contributed by atoms with Crippen molar-refractivity contribution in [3.63, 3.8) is 0 Å². The second-order valence-electron chi connectivity index (χ2n) is 5.57. The summed E-state index contributed by atoms with van der Waals surface area (Å²) in [6.45, 7) is 2.31. The van der Waals surface area contributed by atoms with Crippen molar-refractivity contribution in [1.29, 1.82) is 0 Å². The molecule has 2 saturated heterocycles. The Hall–Kier alpha value is -1.66. The maximum Gasteiger partial charge on any atom is 0.255 e.